The van der Waals surface area contributed by atoms with Crippen molar-refractivity contribution in [3.05, 3.63) is 30.4 Å². The highest BCUT2D eigenvalue weighted by molar-refractivity contribution is 5.92. The van der Waals surface area contributed by atoms with Crippen molar-refractivity contribution in [2.75, 3.05) is 11.9 Å². The van der Waals surface area contributed by atoms with Crippen molar-refractivity contribution >= 4 is 11.6 Å². The normalized spacial score (nSPS) is 21.0. The number of rotatable bonds is 5. The molecule has 7 heteroatoms. The molecule has 1 aliphatic rings. The standard InChI is InChI=1S/C16H23N5O2/c1-11(2)8-21-10-13(7-18-21)19-16(22)14-4-5-23-15(14)12-6-17-20(3)9-12/h6-7,9-11,14-15H,4-5,8H2,1-3H3,(H,19,22)/t14-,15+/m0/s1. The van der Waals surface area contributed by atoms with Crippen LogP contribution in [0.1, 0.15) is 31.9 Å². The molecule has 1 N–H and O–H groups in total. The van der Waals surface area contributed by atoms with Gasteiger partial charge in [0.2, 0.25) is 5.91 Å². The van der Waals surface area contributed by atoms with E-state index in [1.807, 2.05) is 24.1 Å². The van der Waals surface area contributed by atoms with E-state index in [4.69, 9.17) is 4.74 Å². The second kappa shape index (κ2) is 6.54. The predicted octanol–water partition coefficient (Wildman–Crippen LogP) is 1.99. The zero-order chi connectivity index (χ0) is 16.4. The molecule has 0 aromatic carbocycles. The minimum absolute atomic E-state index is 0.0274. The first-order valence-corrected chi connectivity index (χ1v) is 7.96. The number of aryl methyl sites for hydroxylation is 1. The summed E-state index contributed by atoms with van der Waals surface area (Å²) in [6.45, 7) is 5.69. The molecule has 0 unspecified atom stereocenters. The Labute approximate surface area is 135 Å². The number of nitrogens with one attached hydrogen (secondary N) is 1. The van der Waals surface area contributed by atoms with Gasteiger partial charge in [0.05, 0.1) is 30.1 Å². The van der Waals surface area contributed by atoms with Crippen molar-refractivity contribution in [3.63, 3.8) is 0 Å². The van der Waals surface area contributed by atoms with E-state index in [1.165, 1.54) is 0 Å². The first-order valence-electron chi connectivity index (χ1n) is 7.96. The zero-order valence-electron chi connectivity index (χ0n) is 13.8. The molecule has 2 aromatic heterocycles. The molecule has 0 spiro atoms. The molecule has 0 aliphatic carbocycles. The molecule has 0 radical (unpaired) electrons. The van der Waals surface area contributed by atoms with Crippen LogP contribution in [0.2, 0.25) is 0 Å². The number of carbonyl (C=O) groups excluding carboxylic acids is 1. The molecule has 124 valence electrons. The molecular formula is C16H23N5O2. The molecule has 7 nitrogen and oxygen atoms in total. The van der Waals surface area contributed by atoms with Crippen LogP contribution in [0.4, 0.5) is 5.69 Å². The first kappa shape index (κ1) is 15.7. The molecule has 1 saturated heterocycles. The number of carbonyl (C=O) groups is 1. The summed E-state index contributed by atoms with van der Waals surface area (Å²) in [5.74, 6) is 0.282. The second-order valence-corrected chi connectivity index (χ2v) is 6.47. The van der Waals surface area contributed by atoms with Crippen LogP contribution in [0, 0.1) is 11.8 Å². The van der Waals surface area contributed by atoms with Crippen molar-refractivity contribution in [1.29, 1.82) is 0 Å². The van der Waals surface area contributed by atoms with Crippen LogP contribution < -0.4 is 5.32 Å². The minimum atomic E-state index is -0.227. The Bertz CT molecular complexity index is 676. The average Bonchev–Trinajstić information content (AvgIpc) is 3.18. The van der Waals surface area contributed by atoms with Crippen molar-refractivity contribution in [1.82, 2.24) is 19.6 Å². The third-order valence-electron chi connectivity index (χ3n) is 3.93. The van der Waals surface area contributed by atoms with Gasteiger partial charge in [-0.05, 0) is 12.3 Å². The fourth-order valence-corrected chi connectivity index (χ4v) is 2.91. The maximum atomic E-state index is 12.6. The van der Waals surface area contributed by atoms with Gasteiger partial charge in [0.1, 0.15) is 0 Å². The SMILES string of the molecule is CC(C)Cn1cc(NC(=O)[C@H]2CCO[C@@H]2c2cnn(C)c2)cn1. The van der Waals surface area contributed by atoms with Crippen LogP contribution in [-0.4, -0.2) is 32.1 Å². The average molecular weight is 317 g/mol. The third-order valence-corrected chi connectivity index (χ3v) is 3.93. The van der Waals surface area contributed by atoms with Gasteiger partial charge in [-0.3, -0.25) is 14.2 Å². The number of anilines is 1. The lowest BCUT2D eigenvalue weighted by Gasteiger charge is -2.16. The van der Waals surface area contributed by atoms with E-state index in [2.05, 4.69) is 29.4 Å². The minimum Gasteiger partial charge on any atom is -0.373 e. The number of nitrogens with zero attached hydrogens (tertiary/aromatic N) is 4. The van der Waals surface area contributed by atoms with Gasteiger partial charge in [0.15, 0.2) is 0 Å². The molecule has 2 atom stereocenters. The number of aromatic nitrogens is 4. The highest BCUT2D eigenvalue weighted by Crippen LogP contribution is 2.35. The quantitative estimate of drug-likeness (QED) is 0.915. The fourth-order valence-electron chi connectivity index (χ4n) is 2.91. The summed E-state index contributed by atoms with van der Waals surface area (Å²) in [5, 5.41) is 11.4. The molecular weight excluding hydrogens is 294 g/mol. The zero-order valence-corrected chi connectivity index (χ0v) is 13.8. The second-order valence-electron chi connectivity index (χ2n) is 6.47. The molecule has 0 saturated carbocycles. The van der Waals surface area contributed by atoms with Crippen LogP contribution in [-0.2, 0) is 23.1 Å². The lowest BCUT2D eigenvalue weighted by molar-refractivity contribution is -0.121. The summed E-state index contributed by atoms with van der Waals surface area (Å²) in [5.41, 5.74) is 1.67. The van der Waals surface area contributed by atoms with Gasteiger partial charge in [-0.25, -0.2) is 0 Å². The highest BCUT2D eigenvalue weighted by Gasteiger charge is 2.36. The molecule has 1 fully saturated rings. The van der Waals surface area contributed by atoms with Crippen molar-refractivity contribution in [3.8, 4) is 0 Å². The summed E-state index contributed by atoms with van der Waals surface area (Å²) in [6, 6.07) is 0. The maximum absolute atomic E-state index is 12.6. The lowest BCUT2D eigenvalue weighted by Crippen LogP contribution is -2.25. The third kappa shape index (κ3) is 3.61. The number of hydrogen-bond acceptors (Lipinski definition) is 4. The van der Waals surface area contributed by atoms with Gasteiger partial charge in [-0.15, -0.1) is 0 Å². The Morgan fingerprint density at radius 2 is 2.22 bits per heavy atom. The lowest BCUT2D eigenvalue weighted by atomic mass is 9.96. The summed E-state index contributed by atoms with van der Waals surface area (Å²) < 4.78 is 9.32. The van der Waals surface area contributed by atoms with Gasteiger partial charge in [0, 0.05) is 38.2 Å². The van der Waals surface area contributed by atoms with Gasteiger partial charge in [-0.1, -0.05) is 13.8 Å². The van der Waals surface area contributed by atoms with Gasteiger partial charge in [-0.2, -0.15) is 10.2 Å². The summed E-state index contributed by atoms with van der Waals surface area (Å²) in [4.78, 5) is 12.6. The topological polar surface area (TPSA) is 74.0 Å². The Balaban J connectivity index is 1.66. The van der Waals surface area contributed by atoms with Crippen molar-refractivity contribution < 1.29 is 9.53 Å². The van der Waals surface area contributed by atoms with E-state index in [9.17, 15) is 4.79 Å². The summed E-state index contributed by atoms with van der Waals surface area (Å²) in [6.07, 6.45) is 7.70. The summed E-state index contributed by atoms with van der Waals surface area (Å²) >= 11 is 0. The van der Waals surface area contributed by atoms with E-state index < -0.39 is 0 Å². The van der Waals surface area contributed by atoms with Crippen LogP contribution in [0.15, 0.2) is 24.8 Å². The smallest absolute Gasteiger partial charge is 0.230 e. The fraction of sp³-hybridized carbons (Fsp3) is 0.562. The van der Waals surface area contributed by atoms with E-state index >= 15 is 0 Å². The molecule has 1 amide bonds. The monoisotopic (exact) mass is 317 g/mol. The molecule has 0 bridgehead atoms. The van der Waals surface area contributed by atoms with E-state index in [-0.39, 0.29) is 17.9 Å². The maximum Gasteiger partial charge on any atom is 0.230 e. The Morgan fingerprint density at radius 3 is 2.91 bits per heavy atom. The number of amides is 1. The van der Waals surface area contributed by atoms with Gasteiger partial charge < -0.3 is 10.1 Å². The summed E-state index contributed by atoms with van der Waals surface area (Å²) in [7, 11) is 1.86. The van der Waals surface area contributed by atoms with E-state index in [0.29, 0.717) is 18.9 Å². The van der Waals surface area contributed by atoms with Gasteiger partial charge in [0.25, 0.3) is 0 Å². The van der Waals surface area contributed by atoms with Crippen LogP contribution in [0.5, 0.6) is 0 Å². The molecule has 1 aliphatic heterocycles. The molecule has 3 heterocycles. The first-order chi connectivity index (χ1) is 11.0. The molecule has 3 rings (SSSR count). The number of hydrogen-bond donors (Lipinski definition) is 1. The molecule has 2 aromatic rings. The van der Waals surface area contributed by atoms with Crippen molar-refractivity contribution in [2.24, 2.45) is 18.9 Å². The Kier molecular flexibility index (Phi) is 4.47. The van der Waals surface area contributed by atoms with E-state index in [0.717, 1.165) is 17.8 Å². The molecule has 23 heavy (non-hydrogen) atoms. The largest absolute Gasteiger partial charge is 0.373 e. The van der Waals surface area contributed by atoms with Crippen LogP contribution in [0.25, 0.3) is 0 Å². The van der Waals surface area contributed by atoms with Crippen LogP contribution >= 0.6 is 0 Å². The Morgan fingerprint density at radius 1 is 1.39 bits per heavy atom. The predicted molar refractivity (Wildman–Crippen MR) is 85.7 cm³/mol. The van der Waals surface area contributed by atoms with Gasteiger partial charge >= 0.3 is 0 Å². The van der Waals surface area contributed by atoms with Crippen LogP contribution in [0.3, 0.4) is 0 Å². The van der Waals surface area contributed by atoms with E-state index in [1.54, 1.807) is 17.1 Å². The highest BCUT2D eigenvalue weighted by atomic mass is 16.5. The number of ether oxygens (including phenoxy) is 1. The Hall–Kier alpha value is -2.15. The van der Waals surface area contributed by atoms with Crippen molar-refractivity contribution in [2.45, 2.75) is 32.9 Å².